The van der Waals surface area contributed by atoms with Gasteiger partial charge < -0.3 is 5.32 Å². The van der Waals surface area contributed by atoms with E-state index < -0.39 is 0 Å². The van der Waals surface area contributed by atoms with E-state index in [2.05, 4.69) is 31.1 Å². The van der Waals surface area contributed by atoms with Crippen molar-refractivity contribution in [2.24, 2.45) is 17.8 Å². The van der Waals surface area contributed by atoms with Gasteiger partial charge in [0, 0.05) is 12.2 Å². The van der Waals surface area contributed by atoms with Gasteiger partial charge in [-0.3, -0.25) is 4.98 Å². The van der Waals surface area contributed by atoms with Crippen molar-refractivity contribution in [3.05, 3.63) is 23.5 Å². The first-order valence-corrected chi connectivity index (χ1v) is 7.31. The molecule has 0 aromatic carbocycles. The first-order chi connectivity index (χ1) is 8.58. The van der Waals surface area contributed by atoms with Gasteiger partial charge in [0.25, 0.3) is 0 Å². The average molecular weight is 267 g/mol. The largest absolute Gasteiger partial charge is 0.380 e. The smallest absolute Gasteiger partial charge is 0.0718 e. The topological polar surface area (TPSA) is 24.9 Å². The van der Waals surface area contributed by atoms with Crippen LogP contribution < -0.4 is 5.32 Å². The lowest BCUT2D eigenvalue weighted by Gasteiger charge is -2.38. The third-order valence-corrected chi connectivity index (χ3v) is 4.46. The van der Waals surface area contributed by atoms with Crippen LogP contribution in [0.25, 0.3) is 0 Å². The van der Waals surface area contributed by atoms with Gasteiger partial charge in [-0.1, -0.05) is 38.8 Å². The standard InChI is InChI=1S/C15H23ClN2/c1-10(2)12-5-4-11(3)8-14(12)18-15-9-17-7-6-13(15)16/h6-7,9-12,14,18H,4-5,8H2,1-3H3. The van der Waals surface area contributed by atoms with Crippen LogP contribution in [0.5, 0.6) is 0 Å². The quantitative estimate of drug-likeness (QED) is 0.864. The van der Waals surface area contributed by atoms with Crippen molar-refractivity contribution in [1.29, 1.82) is 0 Å². The average Bonchev–Trinajstić information content (AvgIpc) is 2.32. The van der Waals surface area contributed by atoms with Crippen LogP contribution >= 0.6 is 11.6 Å². The van der Waals surface area contributed by atoms with Gasteiger partial charge in [-0.15, -0.1) is 0 Å². The number of anilines is 1. The predicted octanol–water partition coefficient (Wildman–Crippen LogP) is 4.61. The molecule has 3 unspecified atom stereocenters. The summed E-state index contributed by atoms with van der Waals surface area (Å²) < 4.78 is 0. The maximum absolute atomic E-state index is 6.20. The number of hydrogen-bond donors (Lipinski definition) is 1. The Morgan fingerprint density at radius 2 is 2.17 bits per heavy atom. The van der Waals surface area contributed by atoms with Gasteiger partial charge in [0.1, 0.15) is 0 Å². The SMILES string of the molecule is CC1CCC(C(C)C)C(Nc2cnccc2Cl)C1. The Hall–Kier alpha value is -0.760. The van der Waals surface area contributed by atoms with Gasteiger partial charge in [-0.05, 0) is 36.7 Å². The van der Waals surface area contributed by atoms with Gasteiger partial charge in [0.15, 0.2) is 0 Å². The van der Waals surface area contributed by atoms with Crippen LogP contribution in [-0.2, 0) is 0 Å². The molecule has 1 aromatic heterocycles. The van der Waals surface area contributed by atoms with Crippen LogP contribution in [0.15, 0.2) is 18.5 Å². The molecule has 0 aliphatic heterocycles. The van der Waals surface area contributed by atoms with Crippen molar-refractivity contribution >= 4 is 17.3 Å². The highest BCUT2D eigenvalue weighted by molar-refractivity contribution is 6.33. The molecule has 0 amide bonds. The van der Waals surface area contributed by atoms with E-state index in [9.17, 15) is 0 Å². The fraction of sp³-hybridized carbons (Fsp3) is 0.667. The monoisotopic (exact) mass is 266 g/mol. The second-order valence-corrected chi connectivity index (χ2v) is 6.34. The number of rotatable bonds is 3. The molecule has 0 radical (unpaired) electrons. The molecule has 1 saturated carbocycles. The summed E-state index contributed by atoms with van der Waals surface area (Å²) in [5.41, 5.74) is 0.976. The van der Waals surface area contributed by atoms with Crippen LogP contribution in [0.3, 0.4) is 0 Å². The second kappa shape index (κ2) is 5.92. The Labute approximate surface area is 115 Å². The number of aromatic nitrogens is 1. The van der Waals surface area contributed by atoms with Crippen molar-refractivity contribution in [1.82, 2.24) is 4.98 Å². The van der Waals surface area contributed by atoms with Crippen LogP contribution in [0.1, 0.15) is 40.0 Å². The van der Waals surface area contributed by atoms with Gasteiger partial charge in [-0.2, -0.15) is 0 Å². The summed E-state index contributed by atoms with van der Waals surface area (Å²) in [6.45, 7) is 6.98. The number of nitrogens with zero attached hydrogens (tertiary/aromatic N) is 1. The molecule has 2 nitrogen and oxygen atoms in total. The Balaban J connectivity index is 2.11. The molecule has 1 aromatic rings. The normalized spacial score (nSPS) is 28.4. The Morgan fingerprint density at radius 3 is 2.83 bits per heavy atom. The molecule has 1 N–H and O–H groups in total. The summed E-state index contributed by atoms with van der Waals surface area (Å²) >= 11 is 6.20. The van der Waals surface area contributed by atoms with Crippen LogP contribution in [0.4, 0.5) is 5.69 Å². The zero-order valence-electron chi connectivity index (χ0n) is 11.5. The second-order valence-electron chi connectivity index (χ2n) is 5.93. The molecular formula is C15H23ClN2. The van der Waals surface area contributed by atoms with E-state index in [0.29, 0.717) is 12.0 Å². The minimum absolute atomic E-state index is 0.524. The number of hydrogen-bond acceptors (Lipinski definition) is 2. The van der Waals surface area contributed by atoms with Crippen LogP contribution in [-0.4, -0.2) is 11.0 Å². The number of pyridine rings is 1. The predicted molar refractivity (Wildman–Crippen MR) is 78.0 cm³/mol. The van der Waals surface area contributed by atoms with Crippen molar-refractivity contribution in [3.8, 4) is 0 Å². The lowest BCUT2D eigenvalue weighted by Crippen LogP contribution is -2.37. The molecule has 1 aliphatic carbocycles. The number of halogens is 1. The van der Waals surface area contributed by atoms with Crippen molar-refractivity contribution in [2.75, 3.05) is 5.32 Å². The lowest BCUT2D eigenvalue weighted by molar-refractivity contribution is 0.212. The van der Waals surface area contributed by atoms with E-state index in [1.807, 2.05) is 12.3 Å². The molecule has 1 heterocycles. The molecule has 1 fully saturated rings. The molecule has 3 heteroatoms. The first-order valence-electron chi connectivity index (χ1n) is 6.94. The number of nitrogens with one attached hydrogen (secondary N) is 1. The highest BCUT2D eigenvalue weighted by Gasteiger charge is 2.30. The van der Waals surface area contributed by atoms with Crippen LogP contribution in [0, 0.1) is 17.8 Å². The summed E-state index contributed by atoms with van der Waals surface area (Å²) in [7, 11) is 0. The summed E-state index contributed by atoms with van der Waals surface area (Å²) in [6.07, 6.45) is 7.46. The first kappa shape index (κ1) is 13.7. The molecule has 1 aliphatic rings. The summed E-state index contributed by atoms with van der Waals surface area (Å²) in [4.78, 5) is 4.15. The van der Waals surface area contributed by atoms with Gasteiger partial charge >= 0.3 is 0 Å². The summed E-state index contributed by atoms with van der Waals surface area (Å²) in [5, 5.41) is 4.39. The molecule has 0 saturated heterocycles. The lowest BCUT2D eigenvalue weighted by atomic mass is 9.74. The Morgan fingerprint density at radius 1 is 1.39 bits per heavy atom. The van der Waals surface area contributed by atoms with Crippen LogP contribution in [0.2, 0.25) is 5.02 Å². The molecule has 0 bridgehead atoms. The van der Waals surface area contributed by atoms with E-state index in [1.165, 1.54) is 19.3 Å². The van der Waals surface area contributed by atoms with E-state index in [1.54, 1.807) is 6.20 Å². The van der Waals surface area contributed by atoms with E-state index in [-0.39, 0.29) is 0 Å². The summed E-state index contributed by atoms with van der Waals surface area (Å²) in [6, 6.07) is 2.37. The fourth-order valence-corrected chi connectivity index (χ4v) is 3.21. The highest BCUT2D eigenvalue weighted by Crippen LogP contribution is 2.36. The maximum Gasteiger partial charge on any atom is 0.0718 e. The molecule has 0 spiro atoms. The van der Waals surface area contributed by atoms with E-state index in [0.717, 1.165) is 22.5 Å². The van der Waals surface area contributed by atoms with Crippen molar-refractivity contribution in [3.63, 3.8) is 0 Å². The van der Waals surface area contributed by atoms with Gasteiger partial charge in [0.2, 0.25) is 0 Å². The maximum atomic E-state index is 6.20. The molecule has 18 heavy (non-hydrogen) atoms. The zero-order valence-corrected chi connectivity index (χ0v) is 12.2. The molecule has 100 valence electrons. The van der Waals surface area contributed by atoms with E-state index >= 15 is 0 Å². The Bertz CT molecular complexity index is 392. The Kier molecular flexibility index (Phi) is 4.50. The third kappa shape index (κ3) is 3.17. The fourth-order valence-electron chi connectivity index (χ4n) is 3.05. The summed E-state index contributed by atoms with van der Waals surface area (Å²) in [5.74, 6) is 2.25. The molecule has 2 rings (SSSR count). The van der Waals surface area contributed by atoms with Crippen molar-refractivity contribution in [2.45, 2.75) is 46.1 Å². The van der Waals surface area contributed by atoms with Crippen molar-refractivity contribution < 1.29 is 0 Å². The minimum Gasteiger partial charge on any atom is -0.380 e. The highest BCUT2D eigenvalue weighted by atomic mass is 35.5. The minimum atomic E-state index is 0.524. The molecular weight excluding hydrogens is 244 g/mol. The van der Waals surface area contributed by atoms with Gasteiger partial charge in [0.05, 0.1) is 16.9 Å². The third-order valence-electron chi connectivity index (χ3n) is 4.13. The van der Waals surface area contributed by atoms with E-state index in [4.69, 9.17) is 11.6 Å². The van der Waals surface area contributed by atoms with Gasteiger partial charge in [-0.25, -0.2) is 0 Å². The molecule has 3 atom stereocenters. The zero-order chi connectivity index (χ0) is 13.1.